The van der Waals surface area contributed by atoms with Crippen molar-refractivity contribution < 1.29 is 18.7 Å². The van der Waals surface area contributed by atoms with Crippen LogP contribution in [-0.4, -0.2) is 38.6 Å². The second-order valence-electron chi connectivity index (χ2n) is 4.67. The molecule has 1 aliphatic rings. The second kappa shape index (κ2) is 6.47. The predicted octanol–water partition coefficient (Wildman–Crippen LogP) is 0.941. The van der Waals surface area contributed by atoms with Crippen molar-refractivity contribution in [1.82, 2.24) is 5.32 Å². The number of nitrogens with one attached hydrogen (secondary N) is 1. The molecule has 1 atom stereocenters. The van der Waals surface area contributed by atoms with E-state index in [0.29, 0.717) is 25.4 Å². The minimum absolute atomic E-state index is 0.122. The number of anilines is 1. The lowest BCUT2D eigenvalue weighted by molar-refractivity contribution is -0.126. The number of ether oxygens (including phenoxy) is 1. The number of hydrogen-bond acceptors (Lipinski definition) is 3. The zero-order valence-corrected chi connectivity index (χ0v) is 11.3. The highest BCUT2D eigenvalue weighted by molar-refractivity contribution is 6.00. The molecule has 6 heteroatoms. The molecule has 0 radical (unpaired) electrons. The molecule has 1 fully saturated rings. The standard InChI is InChI=1S/C14H17FN2O3/c1-20-7-6-16-14(19)10-8-13(18)17(9-10)12-4-2-11(15)3-5-12/h2-5,10H,6-9H2,1H3,(H,16,19)/t10-/m1/s1. The van der Waals surface area contributed by atoms with Gasteiger partial charge in [-0.05, 0) is 24.3 Å². The van der Waals surface area contributed by atoms with Crippen LogP contribution in [0.4, 0.5) is 10.1 Å². The van der Waals surface area contributed by atoms with Crippen molar-refractivity contribution in [2.45, 2.75) is 6.42 Å². The van der Waals surface area contributed by atoms with Gasteiger partial charge in [-0.25, -0.2) is 4.39 Å². The van der Waals surface area contributed by atoms with E-state index in [9.17, 15) is 14.0 Å². The molecule has 1 aromatic carbocycles. The number of nitrogens with zero attached hydrogens (tertiary/aromatic N) is 1. The maximum Gasteiger partial charge on any atom is 0.227 e. The normalized spacial score (nSPS) is 18.4. The van der Waals surface area contributed by atoms with E-state index < -0.39 is 0 Å². The van der Waals surface area contributed by atoms with E-state index in [1.165, 1.54) is 17.0 Å². The summed E-state index contributed by atoms with van der Waals surface area (Å²) in [5.74, 6) is -0.998. The van der Waals surface area contributed by atoms with Gasteiger partial charge in [-0.2, -0.15) is 0 Å². The van der Waals surface area contributed by atoms with Crippen molar-refractivity contribution in [1.29, 1.82) is 0 Å². The third-order valence-electron chi connectivity index (χ3n) is 3.24. The number of benzene rings is 1. The molecule has 0 saturated carbocycles. The molecule has 5 nitrogen and oxygen atoms in total. The van der Waals surface area contributed by atoms with Crippen molar-refractivity contribution in [3.05, 3.63) is 30.1 Å². The zero-order chi connectivity index (χ0) is 14.5. The van der Waals surface area contributed by atoms with Crippen molar-refractivity contribution >= 4 is 17.5 Å². The number of rotatable bonds is 5. The first kappa shape index (κ1) is 14.5. The van der Waals surface area contributed by atoms with Gasteiger partial charge in [-0.15, -0.1) is 0 Å². The van der Waals surface area contributed by atoms with Crippen molar-refractivity contribution in [3.63, 3.8) is 0 Å². The van der Waals surface area contributed by atoms with Gasteiger partial charge in [0.15, 0.2) is 0 Å². The van der Waals surface area contributed by atoms with Gasteiger partial charge in [0.2, 0.25) is 11.8 Å². The van der Waals surface area contributed by atoms with Crippen LogP contribution in [0.2, 0.25) is 0 Å². The average Bonchev–Trinajstić information content (AvgIpc) is 2.82. The Morgan fingerprint density at radius 2 is 2.15 bits per heavy atom. The molecule has 1 aliphatic heterocycles. The summed E-state index contributed by atoms with van der Waals surface area (Å²) in [6, 6.07) is 5.68. The van der Waals surface area contributed by atoms with Crippen LogP contribution in [0.1, 0.15) is 6.42 Å². The summed E-state index contributed by atoms with van der Waals surface area (Å²) in [4.78, 5) is 25.3. The molecule has 0 unspecified atom stereocenters. The summed E-state index contributed by atoms with van der Waals surface area (Å²) in [5, 5.41) is 2.72. The molecule has 20 heavy (non-hydrogen) atoms. The summed E-state index contributed by atoms with van der Waals surface area (Å²) < 4.78 is 17.7. The molecule has 0 aromatic heterocycles. The van der Waals surface area contributed by atoms with Crippen LogP contribution in [0.15, 0.2) is 24.3 Å². The fourth-order valence-electron chi connectivity index (χ4n) is 2.17. The topological polar surface area (TPSA) is 58.6 Å². The van der Waals surface area contributed by atoms with Gasteiger partial charge in [0.25, 0.3) is 0 Å². The fraction of sp³-hybridized carbons (Fsp3) is 0.429. The minimum Gasteiger partial charge on any atom is -0.383 e. The van der Waals surface area contributed by atoms with Crippen LogP contribution in [0.25, 0.3) is 0 Å². The Morgan fingerprint density at radius 3 is 2.80 bits per heavy atom. The summed E-state index contributed by atoms with van der Waals surface area (Å²) in [7, 11) is 1.56. The number of hydrogen-bond donors (Lipinski definition) is 1. The second-order valence-corrected chi connectivity index (χ2v) is 4.67. The summed E-state index contributed by atoms with van der Waals surface area (Å²) >= 11 is 0. The van der Waals surface area contributed by atoms with Crippen LogP contribution >= 0.6 is 0 Å². The Morgan fingerprint density at radius 1 is 1.45 bits per heavy atom. The Kier molecular flexibility index (Phi) is 4.68. The van der Waals surface area contributed by atoms with Crippen molar-refractivity contribution in [3.8, 4) is 0 Å². The molecule has 1 heterocycles. The quantitative estimate of drug-likeness (QED) is 0.817. The lowest BCUT2D eigenvalue weighted by atomic mass is 10.1. The van der Waals surface area contributed by atoms with Gasteiger partial charge in [-0.3, -0.25) is 9.59 Å². The highest BCUT2D eigenvalue weighted by Gasteiger charge is 2.34. The van der Waals surface area contributed by atoms with Gasteiger partial charge < -0.3 is 15.0 Å². The Labute approximate surface area is 116 Å². The van der Waals surface area contributed by atoms with Crippen molar-refractivity contribution in [2.75, 3.05) is 31.7 Å². The molecule has 1 saturated heterocycles. The number of carbonyl (C=O) groups is 2. The predicted molar refractivity (Wildman–Crippen MR) is 71.7 cm³/mol. The SMILES string of the molecule is COCCNC(=O)[C@@H]1CC(=O)N(c2ccc(F)cc2)C1. The van der Waals surface area contributed by atoms with Crippen LogP contribution in [0, 0.1) is 11.7 Å². The third kappa shape index (κ3) is 3.33. The van der Waals surface area contributed by atoms with Gasteiger partial charge in [0.05, 0.1) is 12.5 Å². The van der Waals surface area contributed by atoms with E-state index in [2.05, 4.69) is 5.32 Å². The Balaban J connectivity index is 1.96. The number of amides is 2. The minimum atomic E-state index is -0.371. The van der Waals surface area contributed by atoms with Gasteiger partial charge in [0, 0.05) is 32.3 Å². The molecule has 2 amide bonds. The van der Waals surface area contributed by atoms with Crippen molar-refractivity contribution in [2.24, 2.45) is 5.92 Å². The lowest BCUT2D eigenvalue weighted by Gasteiger charge is -2.16. The largest absolute Gasteiger partial charge is 0.383 e. The zero-order valence-electron chi connectivity index (χ0n) is 11.3. The van der Waals surface area contributed by atoms with E-state index in [-0.39, 0.29) is 30.0 Å². The maximum atomic E-state index is 12.9. The molecular formula is C14H17FN2O3. The maximum absolute atomic E-state index is 12.9. The monoisotopic (exact) mass is 280 g/mol. The van der Waals surface area contributed by atoms with Crippen LogP contribution in [0.5, 0.6) is 0 Å². The molecule has 0 spiro atoms. The first-order chi connectivity index (χ1) is 9.61. The van der Waals surface area contributed by atoms with E-state index in [1.807, 2.05) is 0 Å². The number of carbonyl (C=O) groups excluding carboxylic acids is 2. The highest BCUT2D eigenvalue weighted by atomic mass is 19.1. The molecule has 0 bridgehead atoms. The molecule has 108 valence electrons. The van der Waals surface area contributed by atoms with Gasteiger partial charge in [0.1, 0.15) is 5.82 Å². The third-order valence-corrected chi connectivity index (χ3v) is 3.24. The van der Waals surface area contributed by atoms with Crippen LogP contribution in [0.3, 0.4) is 0 Å². The van der Waals surface area contributed by atoms with E-state index >= 15 is 0 Å². The first-order valence-electron chi connectivity index (χ1n) is 6.44. The average molecular weight is 280 g/mol. The fourth-order valence-corrected chi connectivity index (χ4v) is 2.17. The number of methoxy groups -OCH3 is 1. The first-order valence-corrected chi connectivity index (χ1v) is 6.44. The number of halogens is 1. The molecule has 1 aromatic rings. The molecular weight excluding hydrogens is 263 g/mol. The van der Waals surface area contributed by atoms with Gasteiger partial charge >= 0.3 is 0 Å². The highest BCUT2D eigenvalue weighted by Crippen LogP contribution is 2.25. The molecule has 1 N–H and O–H groups in total. The summed E-state index contributed by atoms with van der Waals surface area (Å²) in [5.41, 5.74) is 0.614. The molecule has 2 rings (SSSR count). The Bertz CT molecular complexity index is 490. The summed E-state index contributed by atoms with van der Waals surface area (Å²) in [6.07, 6.45) is 0.177. The van der Waals surface area contributed by atoms with Gasteiger partial charge in [-0.1, -0.05) is 0 Å². The smallest absolute Gasteiger partial charge is 0.227 e. The van der Waals surface area contributed by atoms with Crippen LogP contribution in [-0.2, 0) is 14.3 Å². The van der Waals surface area contributed by atoms with Crippen LogP contribution < -0.4 is 10.2 Å². The lowest BCUT2D eigenvalue weighted by Crippen LogP contribution is -2.34. The molecule has 0 aliphatic carbocycles. The van der Waals surface area contributed by atoms with E-state index in [0.717, 1.165) is 0 Å². The van der Waals surface area contributed by atoms with E-state index in [4.69, 9.17) is 4.74 Å². The summed E-state index contributed by atoms with van der Waals surface area (Å²) in [6.45, 7) is 1.19. The van der Waals surface area contributed by atoms with E-state index in [1.54, 1.807) is 19.2 Å². The Hall–Kier alpha value is -1.95.